The lowest BCUT2D eigenvalue weighted by Crippen LogP contribution is -2.46. The Bertz CT molecular complexity index is 512. The van der Waals surface area contributed by atoms with E-state index in [0.29, 0.717) is 11.8 Å². The summed E-state index contributed by atoms with van der Waals surface area (Å²) in [5.74, 6) is 5.55. The Morgan fingerprint density at radius 3 is 2.52 bits per heavy atom. The van der Waals surface area contributed by atoms with Gasteiger partial charge in [-0.25, -0.2) is 0 Å². The van der Waals surface area contributed by atoms with Crippen LogP contribution < -0.4 is 0 Å². The number of benzene rings is 1. The zero-order chi connectivity index (χ0) is 16.1. The van der Waals surface area contributed by atoms with Crippen LogP contribution in [0.15, 0.2) is 29.2 Å². The summed E-state index contributed by atoms with van der Waals surface area (Å²) in [4.78, 5) is 16.7. The Kier molecular flexibility index (Phi) is 6.81. The molecule has 1 atom stereocenters. The molecule has 0 aliphatic carbocycles. The number of rotatable bonds is 4. The highest BCUT2D eigenvalue weighted by Crippen LogP contribution is 2.27. The molecule has 0 unspecified atom stereocenters. The summed E-state index contributed by atoms with van der Waals surface area (Å²) in [6.45, 7) is 2.12. The molecule has 23 heavy (non-hydrogen) atoms. The topological polar surface area (TPSA) is 20.3 Å². The van der Waals surface area contributed by atoms with Crippen LogP contribution in [0, 0.1) is 5.92 Å². The smallest absolute Gasteiger partial charge is 0.167 e. The normalized spacial score (nSPS) is 24.3. The molecule has 2 fully saturated rings. The minimum Gasteiger partial charge on any atom is -0.298 e. The maximum absolute atomic E-state index is 12.9. The van der Waals surface area contributed by atoms with E-state index in [9.17, 15) is 4.79 Å². The van der Waals surface area contributed by atoms with Gasteiger partial charge in [0.25, 0.3) is 0 Å². The largest absolute Gasteiger partial charge is 0.298 e. The van der Waals surface area contributed by atoms with Crippen molar-refractivity contribution in [1.82, 2.24) is 4.90 Å². The number of hydrogen-bond donors (Lipinski definition) is 0. The monoisotopic (exact) mass is 367 g/mol. The number of likely N-dealkylation sites (tertiary alicyclic amines) is 1. The zero-order valence-electron chi connectivity index (χ0n) is 13.7. The van der Waals surface area contributed by atoms with Gasteiger partial charge in [0, 0.05) is 52.0 Å². The van der Waals surface area contributed by atoms with Gasteiger partial charge in [0.05, 0.1) is 0 Å². The second-order valence-corrected chi connectivity index (χ2v) is 9.41. The molecular formula is C18H25NOS3. The summed E-state index contributed by atoms with van der Waals surface area (Å²) in [6, 6.07) is 8.80. The van der Waals surface area contributed by atoms with Crippen LogP contribution in [0.25, 0.3) is 0 Å². The van der Waals surface area contributed by atoms with E-state index in [1.165, 1.54) is 34.5 Å². The Balaban J connectivity index is 1.63. The van der Waals surface area contributed by atoms with Crippen molar-refractivity contribution in [1.29, 1.82) is 0 Å². The lowest BCUT2D eigenvalue weighted by Gasteiger charge is -2.37. The first kappa shape index (κ1) is 17.7. The van der Waals surface area contributed by atoms with Crippen LogP contribution >= 0.6 is 35.3 Å². The van der Waals surface area contributed by atoms with Crippen molar-refractivity contribution in [2.45, 2.75) is 23.8 Å². The number of Topliss-reactive ketones (excluding diaryl/α,β-unsaturated/α-hetero) is 1. The van der Waals surface area contributed by atoms with E-state index in [2.05, 4.69) is 46.8 Å². The molecule has 5 heteroatoms. The van der Waals surface area contributed by atoms with Gasteiger partial charge in [-0.15, -0.1) is 11.8 Å². The molecule has 2 aliphatic heterocycles. The second kappa shape index (κ2) is 8.84. The number of carbonyl (C=O) groups is 1. The summed E-state index contributed by atoms with van der Waals surface area (Å²) in [5, 5.41) is 0. The molecule has 2 saturated heterocycles. The van der Waals surface area contributed by atoms with Crippen LogP contribution in [-0.4, -0.2) is 59.1 Å². The van der Waals surface area contributed by atoms with Crippen LogP contribution in [0.1, 0.15) is 23.2 Å². The number of thioether (sulfide) groups is 3. The predicted molar refractivity (Wildman–Crippen MR) is 105 cm³/mol. The molecule has 0 radical (unpaired) electrons. The maximum atomic E-state index is 12.9. The first-order valence-electron chi connectivity index (χ1n) is 8.35. The predicted octanol–water partition coefficient (Wildman–Crippen LogP) is 4.15. The van der Waals surface area contributed by atoms with Crippen molar-refractivity contribution >= 4 is 41.1 Å². The van der Waals surface area contributed by atoms with E-state index in [4.69, 9.17) is 0 Å². The molecular weight excluding hydrogens is 342 g/mol. The third-order valence-corrected chi connectivity index (χ3v) is 7.94. The summed E-state index contributed by atoms with van der Waals surface area (Å²) in [7, 11) is 0. The number of ketones is 1. The summed E-state index contributed by atoms with van der Waals surface area (Å²) < 4.78 is 0. The van der Waals surface area contributed by atoms with Crippen molar-refractivity contribution in [3.05, 3.63) is 29.8 Å². The first-order chi connectivity index (χ1) is 11.3. The van der Waals surface area contributed by atoms with Crippen molar-refractivity contribution in [2.75, 3.05) is 42.4 Å². The van der Waals surface area contributed by atoms with Crippen LogP contribution in [0.5, 0.6) is 0 Å². The minimum atomic E-state index is 0.183. The second-order valence-electron chi connectivity index (χ2n) is 6.23. The SMILES string of the molecule is CSc1ccc(C(=O)[C@H]2CCCN(C3CSCCSC3)C2)cc1. The lowest BCUT2D eigenvalue weighted by atomic mass is 9.89. The molecule has 0 aromatic heterocycles. The number of carbonyl (C=O) groups excluding carboxylic acids is 1. The van der Waals surface area contributed by atoms with Crippen LogP contribution in [-0.2, 0) is 0 Å². The van der Waals surface area contributed by atoms with Crippen LogP contribution in [0.4, 0.5) is 0 Å². The first-order valence-corrected chi connectivity index (χ1v) is 11.9. The maximum Gasteiger partial charge on any atom is 0.167 e. The number of hydrogen-bond acceptors (Lipinski definition) is 5. The quantitative estimate of drug-likeness (QED) is 0.587. The highest BCUT2D eigenvalue weighted by Gasteiger charge is 2.30. The molecule has 1 aromatic carbocycles. The molecule has 0 spiro atoms. The van der Waals surface area contributed by atoms with E-state index in [1.807, 2.05) is 12.1 Å². The molecule has 0 amide bonds. The summed E-state index contributed by atoms with van der Waals surface area (Å²) in [5.41, 5.74) is 0.888. The molecule has 3 rings (SSSR count). The Hall–Kier alpha value is -0.100. The molecule has 0 bridgehead atoms. The molecule has 2 aliphatic rings. The van der Waals surface area contributed by atoms with E-state index in [1.54, 1.807) is 11.8 Å². The molecule has 0 saturated carbocycles. The van der Waals surface area contributed by atoms with Crippen molar-refractivity contribution in [3.63, 3.8) is 0 Å². The van der Waals surface area contributed by atoms with Crippen molar-refractivity contribution in [2.24, 2.45) is 5.92 Å². The van der Waals surface area contributed by atoms with Gasteiger partial charge in [-0.05, 0) is 37.8 Å². The van der Waals surface area contributed by atoms with E-state index in [0.717, 1.165) is 24.9 Å². The fourth-order valence-corrected chi connectivity index (χ4v) is 6.39. The third-order valence-electron chi connectivity index (χ3n) is 4.71. The highest BCUT2D eigenvalue weighted by molar-refractivity contribution is 8.03. The molecule has 126 valence electrons. The van der Waals surface area contributed by atoms with Gasteiger partial charge in [0.2, 0.25) is 0 Å². The van der Waals surface area contributed by atoms with Crippen molar-refractivity contribution < 1.29 is 4.79 Å². The molecule has 1 aromatic rings. The number of piperidine rings is 1. The van der Waals surface area contributed by atoms with Gasteiger partial charge in [-0.2, -0.15) is 23.5 Å². The average molecular weight is 368 g/mol. The Morgan fingerprint density at radius 1 is 1.17 bits per heavy atom. The van der Waals surface area contributed by atoms with Gasteiger partial charge < -0.3 is 0 Å². The molecule has 0 N–H and O–H groups in total. The molecule has 2 heterocycles. The highest BCUT2D eigenvalue weighted by atomic mass is 32.2. The van der Waals surface area contributed by atoms with Crippen LogP contribution in [0.2, 0.25) is 0 Å². The fourth-order valence-electron chi connectivity index (χ4n) is 3.36. The standard InChI is InChI=1S/C18H25NOS3/c1-21-17-6-4-14(5-7-17)18(20)15-3-2-8-19(11-15)16-12-22-9-10-23-13-16/h4-7,15-16H,2-3,8-13H2,1H3/t15-/m0/s1. The number of nitrogens with zero attached hydrogens (tertiary/aromatic N) is 1. The van der Waals surface area contributed by atoms with E-state index in [-0.39, 0.29) is 5.92 Å². The fraction of sp³-hybridized carbons (Fsp3) is 0.611. The third kappa shape index (κ3) is 4.71. The lowest BCUT2D eigenvalue weighted by molar-refractivity contribution is 0.0787. The van der Waals surface area contributed by atoms with E-state index < -0.39 is 0 Å². The van der Waals surface area contributed by atoms with Gasteiger partial charge in [0.1, 0.15) is 0 Å². The summed E-state index contributed by atoms with van der Waals surface area (Å²) in [6.07, 6.45) is 4.27. The zero-order valence-corrected chi connectivity index (χ0v) is 16.2. The van der Waals surface area contributed by atoms with Gasteiger partial charge >= 0.3 is 0 Å². The minimum absolute atomic E-state index is 0.183. The van der Waals surface area contributed by atoms with E-state index >= 15 is 0 Å². The van der Waals surface area contributed by atoms with Crippen LogP contribution in [0.3, 0.4) is 0 Å². The van der Waals surface area contributed by atoms with Gasteiger partial charge in [-0.1, -0.05) is 12.1 Å². The van der Waals surface area contributed by atoms with Gasteiger partial charge in [0.15, 0.2) is 5.78 Å². The Labute approximate surface area is 152 Å². The molecule has 2 nitrogen and oxygen atoms in total. The van der Waals surface area contributed by atoms with Crippen molar-refractivity contribution in [3.8, 4) is 0 Å². The summed E-state index contributed by atoms with van der Waals surface area (Å²) >= 11 is 5.88. The van der Waals surface area contributed by atoms with Gasteiger partial charge in [-0.3, -0.25) is 9.69 Å². The Morgan fingerprint density at radius 2 is 1.87 bits per heavy atom. The average Bonchev–Trinajstić information content (AvgIpc) is 2.91.